The number of aryl methyl sites for hydroxylation is 1. The molecule has 29 heavy (non-hydrogen) atoms. The molecule has 1 aromatic carbocycles. The van der Waals surface area contributed by atoms with E-state index in [0.29, 0.717) is 11.1 Å². The van der Waals surface area contributed by atoms with Gasteiger partial charge in [0.25, 0.3) is 0 Å². The first kappa shape index (κ1) is 21.4. The number of ether oxygens (including phenoxy) is 2. The third kappa shape index (κ3) is 4.49. The van der Waals surface area contributed by atoms with Gasteiger partial charge >= 0.3 is 6.18 Å². The summed E-state index contributed by atoms with van der Waals surface area (Å²) in [5.41, 5.74) is 0.943. The molecule has 0 saturated carbocycles. The average Bonchev–Trinajstić information content (AvgIpc) is 2.69. The van der Waals surface area contributed by atoms with Crippen LogP contribution in [0.2, 0.25) is 0 Å². The summed E-state index contributed by atoms with van der Waals surface area (Å²) in [6.07, 6.45) is -10.8. The van der Waals surface area contributed by atoms with Gasteiger partial charge in [0.15, 0.2) is 0 Å². The highest BCUT2D eigenvalue weighted by molar-refractivity contribution is 5.61. The maximum Gasteiger partial charge on any atom is 0.451 e. The third-order valence-corrected chi connectivity index (χ3v) is 4.47. The normalized spacial score (nSPS) is 27.7. The standard InChI is InChI=1S/C18H19F3N2O6/c1-8-6-9(10-4-5-22-17(23-10)18(19,20)21)2-3-11(8)28-16-15(27)14(26)13(25)12(7-24)29-16/h2-6,12-16,24-27H,7H2,1H3/t12-,13-,14+,15+,16+/m1/s1. The predicted octanol–water partition coefficient (Wildman–Crippen LogP) is 0.650. The van der Waals surface area contributed by atoms with Crippen molar-refractivity contribution < 1.29 is 43.1 Å². The van der Waals surface area contributed by atoms with Gasteiger partial charge in [0.05, 0.1) is 12.3 Å². The van der Waals surface area contributed by atoms with Crippen molar-refractivity contribution in [3.63, 3.8) is 0 Å². The molecule has 0 aliphatic carbocycles. The lowest BCUT2D eigenvalue weighted by molar-refractivity contribution is -0.277. The summed E-state index contributed by atoms with van der Waals surface area (Å²) in [7, 11) is 0. The van der Waals surface area contributed by atoms with Gasteiger partial charge in [-0.25, -0.2) is 9.97 Å². The van der Waals surface area contributed by atoms with Gasteiger partial charge in [-0.3, -0.25) is 0 Å². The minimum absolute atomic E-state index is 0.0646. The molecule has 1 aliphatic rings. The number of aliphatic hydroxyl groups excluding tert-OH is 4. The van der Waals surface area contributed by atoms with Crippen LogP contribution in [0.25, 0.3) is 11.3 Å². The molecule has 158 valence electrons. The van der Waals surface area contributed by atoms with E-state index >= 15 is 0 Å². The predicted molar refractivity (Wildman–Crippen MR) is 91.6 cm³/mol. The summed E-state index contributed by atoms with van der Waals surface area (Å²) in [6, 6.07) is 5.78. The minimum atomic E-state index is -4.67. The van der Waals surface area contributed by atoms with Crippen LogP contribution >= 0.6 is 0 Å². The Kier molecular flexibility index (Phi) is 6.05. The molecule has 3 rings (SSSR count). The number of aromatic nitrogens is 2. The highest BCUT2D eigenvalue weighted by Gasteiger charge is 2.44. The highest BCUT2D eigenvalue weighted by Crippen LogP contribution is 2.31. The average molecular weight is 416 g/mol. The smallest absolute Gasteiger partial charge is 0.451 e. The van der Waals surface area contributed by atoms with Crippen molar-refractivity contribution in [2.75, 3.05) is 6.61 Å². The van der Waals surface area contributed by atoms with Gasteiger partial charge in [-0.2, -0.15) is 13.2 Å². The molecule has 8 nitrogen and oxygen atoms in total. The summed E-state index contributed by atoms with van der Waals surface area (Å²) < 4.78 is 49.2. The molecule has 5 atom stereocenters. The minimum Gasteiger partial charge on any atom is -0.462 e. The first-order valence-corrected chi connectivity index (χ1v) is 8.60. The van der Waals surface area contributed by atoms with Crippen molar-refractivity contribution in [2.45, 2.75) is 43.8 Å². The van der Waals surface area contributed by atoms with Crippen LogP contribution in [-0.4, -0.2) is 67.7 Å². The fourth-order valence-corrected chi connectivity index (χ4v) is 2.89. The molecule has 0 amide bonds. The summed E-state index contributed by atoms with van der Waals surface area (Å²) in [6.45, 7) is 1.02. The molecule has 1 aliphatic heterocycles. The van der Waals surface area contributed by atoms with Gasteiger partial charge in [0.1, 0.15) is 30.2 Å². The zero-order valence-electron chi connectivity index (χ0n) is 15.1. The van der Waals surface area contributed by atoms with Crippen LogP contribution in [-0.2, 0) is 10.9 Å². The van der Waals surface area contributed by atoms with Gasteiger partial charge < -0.3 is 29.9 Å². The lowest BCUT2D eigenvalue weighted by atomic mass is 9.99. The first-order chi connectivity index (χ1) is 13.6. The van der Waals surface area contributed by atoms with Crippen LogP contribution in [0, 0.1) is 6.92 Å². The SMILES string of the molecule is Cc1cc(-c2ccnc(C(F)(F)F)n2)ccc1O[C@H]1O[C@H](CO)[C@@H](O)[C@H](O)[C@@H]1O. The van der Waals surface area contributed by atoms with Gasteiger partial charge in [-0.1, -0.05) is 0 Å². The van der Waals surface area contributed by atoms with Crippen LogP contribution < -0.4 is 4.74 Å². The fourth-order valence-electron chi connectivity index (χ4n) is 2.89. The molecule has 0 spiro atoms. The molecule has 1 fully saturated rings. The van der Waals surface area contributed by atoms with Crippen LogP contribution in [0.15, 0.2) is 30.5 Å². The van der Waals surface area contributed by atoms with Gasteiger partial charge in [-0.15, -0.1) is 0 Å². The van der Waals surface area contributed by atoms with Crippen molar-refractivity contribution in [1.82, 2.24) is 9.97 Å². The number of hydrogen-bond donors (Lipinski definition) is 4. The van der Waals surface area contributed by atoms with E-state index in [1.807, 2.05) is 0 Å². The molecule has 11 heteroatoms. The molecule has 2 aromatic rings. The van der Waals surface area contributed by atoms with Gasteiger partial charge in [-0.05, 0) is 36.8 Å². The molecular weight excluding hydrogens is 397 g/mol. The molecule has 0 bridgehead atoms. The number of halogens is 3. The van der Waals surface area contributed by atoms with Crippen LogP contribution in [0.1, 0.15) is 11.4 Å². The van der Waals surface area contributed by atoms with E-state index < -0.39 is 49.3 Å². The van der Waals surface area contributed by atoms with Crippen LogP contribution in [0.5, 0.6) is 5.75 Å². The van der Waals surface area contributed by atoms with Crippen molar-refractivity contribution in [3.05, 3.63) is 41.9 Å². The van der Waals surface area contributed by atoms with E-state index in [-0.39, 0.29) is 11.4 Å². The lowest BCUT2D eigenvalue weighted by Crippen LogP contribution is -2.60. The van der Waals surface area contributed by atoms with Crippen LogP contribution in [0.4, 0.5) is 13.2 Å². The number of hydrogen-bond acceptors (Lipinski definition) is 8. The Morgan fingerprint density at radius 3 is 2.45 bits per heavy atom. The van der Waals surface area contributed by atoms with Gasteiger partial charge in [0.2, 0.25) is 12.1 Å². The number of benzene rings is 1. The molecule has 4 N–H and O–H groups in total. The Hall–Kier alpha value is -2.31. The monoisotopic (exact) mass is 416 g/mol. The number of rotatable bonds is 4. The number of alkyl halides is 3. The Balaban J connectivity index is 1.82. The second-order valence-electron chi connectivity index (χ2n) is 6.56. The number of nitrogens with zero attached hydrogens (tertiary/aromatic N) is 2. The van der Waals surface area contributed by atoms with Crippen molar-refractivity contribution in [1.29, 1.82) is 0 Å². The fraction of sp³-hybridized carbons (Fsp3) is 0.444. The van der Waals surface area contributed by atoms with Crippen molar-refractivity contribution in [3.8, 4) is 17.0 Å². The zero-order chi connectivity index (χ0) is 21.3. The lowest BCUT2D eigenvalue weighted by Gasteiger charge is -2.39. The molecule has 1 aromatic heterocycles. The Bertz CT molecular complexity index is 864. The molecule has 1 saturated heterocycles. The summed E-state index contributed by atoms with van der Waals surface area (Å²) in [5, 5.41) is 38.9. The van der Waals surface area contributed by atoms with Crippen molar-refractivity contribution in [2.24, 2.45) is 0 Å². The Labute approximate surface area is 163 Å². The van der Waals surface area contributed by atoms with E-state index in [0.717, 1.165) is 6.20 Å². The van der Waals surface area contributed by atoms with Gasteiger partial charge in [0, 0.05) is 11.8 Å². The third-order valence-electron chi connectivity index (χ3n) is 4.47. The second-order valence-corrected chi connectivity index (χ2v) is 6.56. The molecule has 2 heterocycles. The maximum absolute atomic E-state index is 12.8. The van der Waals surface area contributed by atoms with Crippen molar-refractivity contribution >= 4 is 0 Å². The summed E-state index contributed by atoms with van der Waals surface area (Å²) in [5.74, 6) is -1.03. The summed E-state index contributed by atoms with van der Waals surface area (Å²) in [4.78, 5) is 6.74. The van der Waals surface area contributed by atoms with Crippen LogP contribution in [0.3, 0.4) is 0 Å². The summed E-state index contributed by atoms with van der Waals surface area (Å²) >= 11 is 0. The zero-order valence-corrected chi connectivity index (χ0v) is 15.1. The highest BCUT2D eigenvalue weighted by atomic mass is 19.4. The van der Waals surface area contributed by atoms with E-state index in [1.165, 1.54) is 24.3 Å². The maximum atomic E-state index is 12.8. The first-order valence-electron chi connectivity index (χ1n) is 8.60. The number of aliphatic hydroxyl groups is 4. The molecular formula is C18H19F3N2O6. The van der Waals surface area contributed by atoms with E-state index in [2.05, 4.69) is 9.97 Å². The second kappa shape index (κ2) is 8.20. The molecule has 0 unspecified atom stereocenters. The van der Waals surface area contributed by atoms with E-state index in [4.69, 9.17) is 9.47 Å². The largest absolute Gasteiger partial charge is 0.462 e. The quantitative estimate of drug-likeness (QED) is 0.573. The molecule has 0 radical (unpaired) electrons. The van der Waals surface area contributed by atoms with E-state index in [9.17, 15) is 33.6 Å². The topological polar surface area (TPSA) is 125 Å². The Morgan fingerprint density at radius 2 is 1.83 bits per heavy atom. The van der Waals surface area contributed by atoms with E-state index in [1.54, 1.807) is 6.92 Å². The Morgan fingerprint density at radius 1 is 1.10 bits per heavy atom.